The Morgan fingerprint density at radius 2 is 1.90 bits per heavy atom. The molecule has 4 rings (SSSR count). The number of rotatable bonds is 3. The lowest BCUT2D eigenvalue weighted by atomic mass is 10.0. The number of ketones is 1. The van der Waals surface area contributed by atoms with Crippen LogP contribution >= 0.6 is 27.5 Å². The van der Waals surface area contributed by atoms with Gasteiger partial charge in [-0.2, -0.15) is 0 Å². The van der Waals surface area contributed by atoms with Crippen LogP contribution in [0.1, 0.15) is 31.8 Å². The molecular formula is C23H14BrClO4. The molecule has 0 unspecified atom stereocenters. The lowest BCUT2D eigenvalue weighted by molar-refractivity contribution is 0.0733. The fraction of sp³-hybridized carbons (Fsp3) is 0.0435. The van der Waals surface area contributed by atoms with E-state index in [0.717, 1.165) is 5.56 Å². The molecule has 1 aliphatic rings. The number of halogens is 2. The number of carbonyl (C=O) groups excluding carboxylic acids is 2. The second-order valence-corrected chi connectivity index (χ2v) is 7.77. The molecule has 29 heavy (non-hydrogen) atoms. The molecule has 0 aromatic heterocycles. The van der Waals surface area contributed by atoms with Gasteiger partial charge in [0, 0.05) is 15.6 Å². The molecule has 4 nitrogen and oxygen atoms in total. The Morgan fingerprint density at radius 1 is 1.10 bits per heavy atom. The molecular weight excluding hydrogens is 456 g/mol. The van der Waals surface area contributed by atoms with Crippen LogP contribution in [0.5, 0.6) is 11.5 Å². The van der Waals surface area contributed by atoms with Crippen LogP contribution in [0.4, 0.5) is 0 Å². The number of esters is 1. The van der Waals surface area contributed by atoms with Gasteiger partial charge >= 0.3 is 5.97 Å². The van der Waals surface area contributed by atoms with Gasteiger partial charge in [-0.15, -0.1) is 0 Å². The van der Waals surface area contributed by atoms with Gasteiger partial charge in [0.05, 0.1) is 11.1 Å². The average molecular weight is 470 g/mol. The molecule has 0 spiro atoms. The van der Waals surface area contributed by atoms with Crippen LogP contribution in [0.15, 0.2) is 70.9 Å². The number of fused-ring (bicyclic) bond motifs is 1. The first-order valence-corrected chi connectivity index (χ1v) is 9.90. The summed E-state index contributed by atoms with van der Waals surface area (Å²) in [4.78, 5) is 25.2. The average Bonchev–Trinajstić information content (AvgIpc) is 2.97. The van der Waals surface area contributed by atoms with E-state index in [9.17, 15) is 9.59 Å². The van der Waals surface area contributed by atoms with Crippen molar-refractivity contribution >= 4 is 45.4 Å². The summed E-state index contributed by atoms with van der Waals surface area (Å²) < 4.78 is 11.9. The molecule has 3 aromatic carbocycles. The van der Waals surface area contributed by atoms with Crippen LogP contribution < -0.4 is 9.47 Å². The quantitative estimate of drug-likeness (QED) is 0.259. The van der Waals surface area contributed by atoms with Crippen molar-refractivity contribution in [3.63, 3.8) is 0 Å². The topological polar surface area (TPSA) is 52.6 Å². The van der Waals surface area contributed by atoms with Crippen molar-refractivity contribution in [2.75, 3.05) is 0 Å². The van der Waals surface area contributed by atoms with Gasteiger partial charge in [-0.25, -0.2) is 4.79 Å². The first-order chi connectivity index (χ1) is 13.9. The highest BCUT2D eigenvalue weighted by Crippen LogP contribution is 2.38. The van der Waals surface area contributed by atoms with Gasteiger partial charge in [-0.1, -0.05) is 35.9 Å². The molecule has 0 aliphatic carbocycles. The van der Waals surface area contributed by atoms with Crippen LogP contribution in [-0.2, 0) is 0 Å². The summed E-state index contributed by atoms with van der Waals surface area (Å²) in [6.07, 6.45) is 1.64. The van der Waals surface area contributed by atoms with Crippen molar-refractivity contribution < 1.29 is 19.1 Å². The summed E-state index contributed by atoms with van der Waals surface area (Å²) in [5.41, 5.74) is 2.28. The predicted octanol–water partition coefficient (Wildman–Crippen LogP) is 6.25. The van der Waals surface area contributed by atoms with E-state index in [0.29, 0.717) is 37.7 Å². The molecule has 0 atom stereocenters. The van der Waals surface area contributed by atoms with Gasteiger partial charge < -0.3 is 9.47 Å². The molecule has 0 saturated carbocycles. The Bertz CT molecular complexity index is 1180. The highest BCUT2D eigenvalue weighted by molar-refractivity contribution is 9.10. The van der Waals surface area contributed by atoms with Gasteiger partial charge in [0.2, 0.25) is 5.78 Å². The fourth-order valence-electron chi connectivity index (χ4n) is 3.07. The SMILES string of the molecule is Cc1cc(OC(=O)c2ccccc2Br)cc2c1C(=O)/C(=C/c1cccc(Cl)c1)O2. The minimum Gasteiger partial charge on any atom is -0.452 e. The van der Waals surface area contributed by atoms with E-state index in [2.05, 4.69) is 15.9 Å². The maximum Gasteiger partial charge on any atom is 0.344 e. The number of Topliss-reactive ketones (excluding diaryl/α,β-unsaturated/α-hetero) is 1. The molecule has 144 valence electrons. The first kappa shape index (κ1) is 19.4. The summed E-state index contributed by atoms with van der Waals surface area (Å²) in [6, 6.07) is 17.3. The molecule has 0 bridgehead atoms. The van der Waals surface area contributed by atoms with Gasteiger partial charge in [-0.05, 0) is 70.4 Å². The molecule has 0 fully saturated rings. The molecule has 0 amide bonds. The maximum atomic E-state index is 12.8. The molecule has 1 aliphatic heterocycles. The maximum absolute atomic E-state index is 12.8. The number of allylic oxidation sites excluding steroid dienone is 1. The number of carbonyl (C=O) groups is 2. The summed E-state index contributed by atoms with van der Waals surface area (Å²) in [5.74, 6) is 0.133. The third-order valence-corrected chi connectivity index (χ3v) is 5.32. The Hall–Kier alpha value is -2.89. The monoisotopic (exact) mass is 468 g/mol. The zero-order chi connectivity index (χ0) is 20.5. The van der Waals surface area contributed by atoms with Crippen molar-refractivity contribution in [3.05, 3.63) is 98.2 Å². The Balaban J connectivity index is 1.63. The molecule has 0 radical (unpaired) electrons. The van der Waals surface area contributed by atoms with Gasteiger partial charge in [0.1, 0.15) is 11.5 Å². The fourth-order valence-corrected chi connectivity index (χ4v) is 3.72. The third-order valence-electron chi connectivity index (χ3n) is 4.39. The van der Waals surface area contributed by atoms with E-state index >= 15 is 0 Å². The van der Waals surface area contributed by atoms with E-state index in [-0.39, 0.29) is 11.5 Å². The number of aryl methyl sites for hydroxylation is 1. The summed E-state index contributed by atoms with van der Waals surface area (Å²) in [6.45, 7) is 1.78. The number of hydrogen-bond acceptors (Lipinski definition) is 4. The van der Waals surface area contributed by atoms with Gasteiger partial charge in [-0.3, -0.25) is 4.79 Å². The molecule has 6 heteroatoms. The predicted molar refractivity (Wildman–Crippen MR) is 115 cm³/mol. The second kappa shape index (κ2) is 7.85. The minimum absolute atomic E-state index is 0.194. The first-order valence-electron chi connectivity index (χ1n) is 8.73. The second-order valence-electron chi connectivity index (χ2n) is 6.48. The molecule has 1 heterocycles. The third kappa shape index (κ3) is 3.97. The van der Waals surface area contributed by atoms with E-state index in [1.165, 1.54) is 0 Å². The van der Waals surface area contributed by atoms with Crippen LogP contribution in [0.3, 0.4) is 0 Å². The Morgan fingerprint density at radius 3 is 2.66 bits per heavy atom. The highest BCUT2D eigenvalue weighted by Gasteiger charge is 2.30. The minimum atomic E-state index is -0.504. The lowest BCUT2D eigenvalue weighted by Gasteiger charge is -2.08. The number of hydrogen-bond donors (Lipinski definition) is 0. The zero-order valence-electron chi connectivity index (χ0n) is 15.2. The standard InChI is InChI=1S/C23H14BrClO4/c1-13-9-16(28-23(27)17-7-2-3-8-18(17)24)12-19-21(13)22(26)20(29-19)11-14-5-4-6-15(25)10-14/h2-12H,1H3/b20-11-. The van der Waals surface area contributed by atoms with E-state index in [4.69, 9.17) is 21.1 Å². The molecule has 0 saturated heterocycles. The van der Waals surface area contributed by atoms with E-state index < -0.39 is 5.97 Å². The van der Waals surface area contributed by atoms with Crippen molar-refractivity contribution in [1.82, 2.24) is 0 Å². The van der Waals surface area contributed by atoms with Crippen LogP contribution in [0, 0.1) is 6.92 Å². The summed E-state index contributed by atoms with van der Waals surface area (Å²) >= 11 is 9.34. The smallest absolute Gasteiger partial charge is 0.344 e. The van der Waals surface area contributed by atoms with Gasteiger partial charge in [0.15, 0.2) is 5.76 Å². The Kier molecular flexibility index (Phi) is 5.26. The van der Waals surface area contributed by atoms with Crippen LogP contribution in [0.25, 0.3) is 6.08 Å². The largest absolute Gasteiger partial charge is 0.452 e. The van der Waals surface area contributed by atoms with E-state index in [1.54, 1.807) is 61.5 Å². The van der Waals surface area contributed by atoms with Crippen molar-refractivity contribution in [1.29, 1.82) is 0 Å². The van der Waals surface area contributed by atoms with Crippen molar-refractivity contribution in [2.45, 2.75) is 6.92 Å². The summed E-state index contributed by atoms with van der Waals surface area (Å²) in [5, 5.41) is 0.569. The lowest BCUT2D eigenvalue weighted by Crippen LogP contribution is -2.09. The van der Waals surface area contributed by atoms with Crippen LogP contribution in [-0.4, -0.2) is 11.8 Å². The number of benzene rings is 3. The molecule has 3 aromatic rings. The Labute approximate surface area is 180 Å². The summed E-state index contributed by atoms with van der Waals surface area (Å²) in [7, 11) is 0. The highest BCUT2D eigenvalue weighted by atomic mass is 79.9. The normalized spacial score (nSPS) is 13.9. The zero-order valence-corrected chi connectivity index (χ0v) is 17.6. The van der Waals surface area contributed by atoms with Gasteiger partial charge in [0.25, 0.3) is 0 Å². The van der Waals surface area contributed by atoms with Crippen LogP contribution in [0.2, 0.25) is 5.02 Å². The van der Waals surface area contributed by atoms with E-state index in [1.807, 2.05) is 12.1 Å². The van der Waals surface area contributed by atoms with Crippen molar-refractivity contribution in [3.8, 4) is 11.5 Å². The van der Waals surface area contributed by atoms with Crippen molar-refractivity contribution in [2.24, 2.45) is 0 Å². The number of ether oxygens (including phenoxy) is 2. The molecule has 0 N–H and O–H groups in total.